The van der Waals surface area contributed by atoms with Gasteiger partial charge in [0.05, 0.1) is 5.56 Å². The maximum Gasteiger partial charge on any atom is 0.257 e. The minimum atomic E-state index is -0.130. The van der Waals surface area contributed by atoms with E-state index in [1.165, 1.54) is 18.4 Å². The van der Waals surface area contributed by atoms with E-state index in [1.54, 1.807) is 12.3 Å². The normalized spacial score (nSPS) is 14.0. The fourth-order valence-electron chi connectivity index (χ4n) is 2.11. The lowest BCUT2D eigenvalue weighted by Crippen LogP contribution is -2.16. The van der Waals surface area contributed by atoms with Crippen LogP contribution >= 0.6 is 0 Å². The Morgan fingerprint density at radius 1 is 1.29 bits per heavy atom. The van der Waals surface area contributed by atoms with E-state index in [9.17, 15) is 4.79 Å². The van der Waals surface area contributed by atoms with E-state index in [-0.39, 0.29) is 5.91 Å². The number of amides is 1. The summed E-state index contributed by atoms with van der Waals surface area (Å²) in [6.07, 6.45) is 4.15. The molecule has 4 heteroatoms. The smallest absolute Gasteiger partial charge is 0.257 e. The summed E-state index contributed by atoms with van der Waals surface area (Å²) in [7, 11) is 0. The molecule has 1 saturated carbocycles. The van der Waals surface area contributed by atoms with Crippen molar-refractivity contribution in [2.24, 2.45) is 0 Å². The van der Waals surface area contributed by atoms with Crippen LogP contribution in [0.3, 0.4) is 0 Å². The van der Waals surface area contributed by atoms with Gasteiger partial charge in [0.25, 0.3) is 5.91 Å². The van der Waals surface area contributed by atoms with Gasteiger partial charge in [-0.05, 0) is 49.6 Å². The number of aromatic nitrogens is 1. The minimum absolute atomic E-state index is 0.130. The zero-order chi connectivity index (χ0) is 14.7. The minimum Gasteiger partial charge on any atom is -0.322 e. The van der Waals surface area contributed by atoms with Crippen LogP contribution in [0.15, 0.2) is 42.6 Å². The SMILES string of the molecule is Cc1ccc(C(=O)Nc2cccc(CNC3CC3)c2)cn1. The summed E-state index contributed by atoms with van der Waals surface area (Å²) < 4.78 is 0. The third-order valence-corrected chi connectivity index (χ3v) is 3.53. The molecule has 0 radical (unpaired) electrons. The summed E-state index contributed by atoms with van der Waals surface area (Å²) in [5.74, 6) is -0.130. The quantitative estimate of drug-likeness (QED) is 0.886. The van der Waals surface area contributed by atoms with E-state index < -0.39 is 0 Å². The second kappa shape index (κ2) is 6.06. The number of hydrogen-bond donors (Lipinski definition) is 2. The topological polar surface area (TPSA) is 54.0 Å². The molecule has 4 nitrogen and oxygen atoms in total. The Morgan fingerprint density at radius 2 is 2.14 bits per heavy atom. The first-order valence-electron chi connectivity index (χ1n) is 7.27. The first kappa shape index (κ1) is 13.8. The summed E-state index contributed by atoms with van der Waals surface area (Å²) in [6, 6.07) is 12.3. The molecule has 0 aliphatic heterocycles. The molecule has 1 aromatic carbocycles. The Bertz CT molecular complexity index is 633. The number of anilines is 1. The van der Waals surface area contributed by atoms with Crippen molar-refractivity contribution < 1.29 is 4.79 Å². The Kier molecular flexibility index (Phi) is 3.97. The van der Waals surface area contributed by atoms with Crippen molar-refractivity contribution in [3.05, 3.63) is 59.4 Å². The van der Waals surface area contributed by atoms with E-state index in [1.807, 2.05) is 31.2 Å². The predicted octanol–water partition coefficient (Wildman–Crippen LogP) is 2.89. The highest BCUT2D eigenvalue weighted by molar-refractivity contribution is 6.04. The molecular weight excluding hydrogens is 262 g/mol. The number of carbonyl (C=O) groups excluding carboxylic acids is 1. The molecule has 3 rings (SSSR count). The monoisotopic (exact) mass is 281 g/mol. The van der Waals surface area contributed by atoms with Gasteiger partial charge in [-0.25, -0.2) is 0 Å². The molecule has 0 atom stereocenters. The van der Waals surface area contributed by atoms with Gasteiger partial charge < -0.3 is 10.6 Å². The van der Waals surface area contributed by atoms with Crippen molar-refractivity contribution >= 4 is 11.6 Å². The third kappa shape index (κ3) is 3.89. The van der Waals surface area contributed by atoms with Crippen molar-refractivity contribution in [1.29, 1.82) is 0 Å². The van der Waals surface area contributed by atoms with Gasteiger partial charge in [-0.3, -0.25) is 9.78 Å². The molecule has 0 unspecified atom stereocenters. The molecule has 1 amide bonds. The zero-order valence-corrected chi connectivity index (χ0v) is 12.1. The molecule has 2 N–H and O–H groups in total. The van der Waals surface area contributed by atoms with Gasteiger partial charge in [0.1, 0.15) is 0 Å². The maximum atomic E-state index is 12.1. The van der Waals surface area contributed by atoms with E-state index in [4.69, 9.17) is 0 Å². The second-order valence-corrected chi connectivity index (χ2v) is 5.50. The molecule has 0 bridgehead atoms. The molecule has 1 aliphatic carbocycles. The number of nitrogens with zero attached hydrogens (tertiary/aromatic N) is 1. The average molecular weight is 281 g/mol. The standard InChI is InChI=1S/C17H19N3O/c1-12-5-6-14(11-18-12)17(21)20-16-4-2-3-13(9-16)10-19-15-7-8-15/h2-6,9,11,15,19H,7-8,10H2,1H3,(H,20,21). The van der Waals surface area contributed by atoms with Gasteiger partial charge in [0.2, 0.25) is 0 Å². The first-order valence-corrected chi connectivity index (χ1v) is 7.27. The van der Waals surface area contributed by atoms with Gasteiger partial charge in [-0.15, -0.1) is 0 Å². The van der Waals surface area contributed by atoms with E-state index in [0.717, 1.165) is 17.9 Å². The largest absolute Gasteiger partial charge is 0.322 e. The zero-order valence-electron chi connectivity index (χ0n) is 12.1. The van der Waals surface area contributed by atoms with Crippen LogP contribution in [0, 0.1) is 6.92 Å². The summed E-state index contributed by atoms with van der Waals surface area (Å²) in [5, 5.41) is 6.38. The summed E-state index contributed by atoms with van der Waals surface area (Å²) >= 11 is 0. The molecule has 0 spiro atoms. The Hall–Kier alpha value is -2.20. The summed E-state index contributed by atoms with van der Waals surface area (Å²) in [5.41, 5.74) is 3.47. The summed E-state index contributed by atoms with van der Waals surface area (Å²) in [4.78, 5) is 16.3. The van der Waals surface area contributed by atoms with Crippen LogP contribution in [0.1, 0.15) is 34.5 Å². The average Bonchev–Trinajstić information content (AvgIpc) is 3.30. The van der Waals surface area contributed by atoms with Crippen LogP contribution in [0.4, 0.5) is 5.69 Å². The van der Waals surface area contributed by atoms with E-state index in [2.05, 4.69) is 21.7 Å². The molecule has 1 fully saturated rings. The van der Waals surface area contributed by atoms with Crippen molar-refractivity contribution in [2.75, 3.05) is 5.32 Å². The van der Waals surface area contributed by atoms with Crippen LogP contribution in [-0.2, 0) is 6.54 Å². The molecular formula is C17H19N3O. The third-order valence-electron chi connectivity index (χ3n) is 3.53. The number of carbonyl (C=O) groups is 1. The second-order valence-electron chi connectivity index (χ2n) is 5.50. The van der Waals surface area contributed by atoms with Crippen molar-refractivity contribution in [2.45, 2.75) is 32.4 Å². The van der Waals surface area contributed by atoms with Crippen molar-refractivity contribution in [3.63, 3.8) is 0 Å². The molecule has 2 aromatic rings. The molecule has 1 heterocycles. The highest BCUT2D eigenvalue weighted by atomic mass is 16.1. The number of benzene rings is 1. The molecule has 0 saturated heterocycles. The summed E-state index contributed by atoms with van der Waals surface area (Å²) in [6.45, 7) is 2.75. The van der Waals surface area contributed by atoms with Gasteiger partial charge >= 0.3 is 0 Å². The Labute approximate surface area is 124 Å². The van der Waals surface area contributed by atoms with E-state index >= 15 is 0 Å². The predicted molar refractivity (Wildman–Crippen MR) is 83.2 cm³/mol. The lowest BCUT2D eigenvalue weighted by molar-refractivity contribution is 0.102. The van der Waals surface area contributed by atoms with E-state index in [0.29, 0.717) is 11.6 Å². The van der Waals surface area contributed by atoms with Crippen molar-refractivity contribution in [3.8, 4) is 0 Å². The van der Waals surface area contributed by atoms with Crippen LogP contribution in [0.5, 0.6) is 0 Å². The van der Waals surface area contributed by atoms with Crippen LogP contribution in [0.2, 0.25) is 0 Å². The van der Waals surface area contributed by atoms with Crippen molar-refractivity contribution in [1.82, 2.24) is 10.3 Å². The fraction of sp³-hybridized carbons (Fsp3) is 0.294. The lowest BCUT2D eigenvalue weighted by Gasteiger charge is -2.08. The van der Waals surface area contributed by atoms with Crippen LogP contribution in [0.25, 0.3) is 0 Å². The van der Waals surface area contributed by atoms with Gasteiger partial charge in [-0.2, -0.15) is 0 Å². The number of rotatable bonds is 5. The number of aryl methyl sites for hydroxylation is 1. The highest BCUT2D eigenvalue weighted by Gasteiger charge is 2.19. The number of nitrogens with one attached hydrogen (secondary N) is 2. The number of hydrogen-bond acceptors (Lipinski definition) is 3. The molecule has 1 aromatic heterocycles. The maximum absolute atomic E-state index is 12.1. The molecule has 108 valence electrons. The Morgan fingerprint density at radius 3 is 2.86 bits per heavy atom. The van der Waals surface area contributed by atoms with Crippen LogP contribution < -0.4 is 10.6 Å². The molecule has 1 aliphatic rings. The first-order chi connectivity index (χ1) is 10.2. The fourth-order valence-corrected chi connectivity index (χ4v) is 2.11. The van der Waals surface area contributed by atoms with Gasteiger partial charge in [-0.1, -0.05) is 12.1 Å². The highest BCUT2D eigenvalue weighted by Crippen LogP contribution is 2.20. The van der Waals surface area contributed by atoms with Crippen LogP contribution in [-0.4, -0.2) is 16.9 Å². The van der Waals surface area contributed by atoms with Gasteiger partial charge in [0, 0.05) is 30.2 Å². The molecule has 21 heavy (non-hydrogen) atoms. The van der Waals surface area contributed by atoms with Gasteiger partial charge in [0.15, 0.2) is 0 Å². The number of pyridine rings is 1. The Balaban J connectivity index is 1.64. The lowest BCUT2D eigenvalue weighted by atomic mass is 10.2.